The van der Waals surface area contributed by atoms with Gasteiger partial charge < -0.3 is 15.7 Å². The van der Waals surface area contributed by atoms with E-state index in [4.69, 9.17) is 4.99 Å². The third-order valence-electron chi connectivity index (χ3n) is 4.40. The Morgan fingerprint density at radius 2 is 1.65 bits per heavy atom. The molecule has 0 aromatic heterocycles. The van der Waals surface area contributed by atoms with Gasteiger partial charge in [-0.2, -0.15) is 0 Å². The summed E-state index contributed by atoms with van der Waals surface area (Å²) < 4.78 is 0. The van der Waals surface area contributed by atoms with E-state index in [9.17, 15) is 5.11 Å². The number of aliphatic hydroxyl groups is 1. The van der Waals surface area contributed by atoms with Crippen molar-refractivity contribution in [3.8, 4) is 0 Å². The second-order valence-electron chi connectivity index (χ2n) is 6.48. The zero-order valence-electron chi connectivity index (χ0n) is 12.9. The highest BCUT2D eigenvalue weighted by molar-refractivity contribution is 5.80. The molecule has 4 nitrogen and oxygen atoms in total. The van der Waals surface area contributed by atoms with E-state index in [1.807, 2.05) is 6.92 Å². The van der Waals surface area contributed by atoms with E-state index in [2.05, 4.69) is 10.6 Å². The number of nitrogens with zero attached hydrogens (tertiary/aromatic N) is 1. The summed E-state index contributed by atoms with van der Waals surface area (Å²) in [7, 11) is 0. The van der Waals surface area contributed by atoms with Crippen LogP contribution in [0.2, 0.25) is 0 Å². The lowest BCUT2D eigenvalue weighted by Gasteiger charge is -2.27. The molecule has 0 aromatic rings. The Kier molecular flexibility index (Phi) is 6.64. The van der Waals surface area contributed by atoms with Crippen LogP contribution in [0.25, 0.3) is 0 Å². The lowest BCUT2D eigenvalue weighted by atomic mass is 9.95. The fourth-order valence-corrected chi connectivity index (χ4v) is 3.21. The molecule has 0 aromatic carbocycles. The summed E-state index contributed by atoms with van der Waals surface area (Å²) in [5, 5.41) is 16.4. The normalized spacial score (nSPS) is 24.4. The van der Waals surface area contributed by atoms with Crippen molar-refractivity contribution in [2.75, 3.05) is 6.54 Å². The smallest absolute Gasteiger partial charge is 0.191 e. The Balaban J connectivity index is 1.89. The van der Waals surface area contributed by atoms with Gasteiger partial charge in [-0.15, -0.1) is 0 Å². The van der Waals surface area contributed by atoms with Gasteiger partial charge in [0, 0.05) is 12.6 Å². The molecule has 0 saturated heterocycles. The average molecular weight is 281 g/mol. The van der Waals surface area contributed by atoms with Gasteiger partial charge in [0.2, 0.25) is 0 Å². The van der Waals surface area contributed by atoms with Crippen molar-refractivity contribution in [3.05, 3.63) is 0 Å². The maximum atomic E-state index is 9.47. The summed E-state index contributed by atoms with van der Waals surface area (Å²) in [5.41, 5.74) is 0. The molecule has 0 spiro atoms. The standard InChI is InChI=1S/C16H31N3O/c1-13(20)12-17-16(18-14-8-4-2-5-9-14)19-15-10-6-3-7-11-15/h13-15,20H,2-12H2,1H3,(H2,17,18,19). The number of hydrogen-bond acceptors (Lipinski definition) is 2. The lowest BCUT2D eigenvalue weighted by molar-refractivity contribution is 0.197. The first kappa shape index (κ1) is 15.6. The molecule has 1 unspecified atom stereocenters. The van der Waals surface area contributed by atoms with Gasteiger partial charge in [-0.25, -0.2) is 4.99 Å². The molecular formula is C16H31N3O. The van der Waals surface area contributed by atoms with Crippen LogP contribution >= 0.6 is 0 Å². The Morgan fingerprint density at radius 1 is 1.05 bits per heavy atom. The zero-order chi connectivity index (χ0) is 14.2. The van der Waals surface area contributed by atoms with Gasteiger partial charge in [0.25, 0.3) is 0 Å². The van der Waals surface area contributed by atoms with Crippen LogP contribution in [-0.2, 0) is 0 Å². The highest BCUT2D eigenvalue weighted by Gasteiger charge is 2.17. The molecule has 2 fully saturated rings. The van der Waals surface area contributed by atoms with E-state index in [1.165, 1.54) is 64.2 Å². The van der Waals surface area contributed by atoms with Gasteiger partial charge in [0.1, 0.15) is 0 Å². The summed E-state index contributed by atoms with van der Waals surface area (Å²) >= 11 is 0. The Hall–Kier alpha value is -0.770. The molecular weight excluding hydrogens is 250 g/mol. The van der Waals surface area contributed by atoms with Crippen molar-refractivity contribution in [2.45, 2.75) is 89.3 Å². The SMILES string of the molecule is CC(O)CN/C(=N/C1CCCCC1)NC1CCCCC1. The van der Waals surface area contributed by atoms with Crippen molar-refractivity contribution in [1.29, 1.82) is 0 Å². The molecule has 2 aliphatic carbocycles. The molecule has 0 bridgehead atoms. The van der Waals surface area contributed by atoms with Gasteiger partial charge in [0.05, 0.1) is 12.1 Å². The predicted octanol–water partition coefficient (Wildman–Crippen LogP) is 2.57. The van der Waals surface area contributed by atoms with Crippen molar-refractivity contribution >= 4 is 5.96 Å². The maximum absolute atomic E-state index is 9.47. The topological polar surface area (TPSA) is 56.6 Å². The number of hydrogen-bond donors (Lipinski definition) is 3. The molecule has 4 heteroatoms. The Bertz CT molecular complexity index is 292. The van der Waals surface area contributed by atoms with E-state index in [-0.39, 0.29) is 6.10 Å². The second kappa shape index (κ2) is 8.50. The quantitative estimate of drug-likeness (QED) is 0.548. The number of guanidine groups is 1. The second-order valence-corrected chi connectivity index (χ2v) is 6.48. The Labute approximate surface area is 123 Å². The molecule has 20 heavy (non-hydrogen) atoms. The fraction of sp³-hybridized carbons (Fsp3) is 0.938. The molecule has 2 rings (SSSR count). The third-order valence-corrected chi connectivity index (χ3v) is 4.40. The van der Waals surface area contributed by atoms with Crippen molar-refractivity contribution < 1.29 is 5.11 Å². The minimum Gasteiger partial charge on any atom is -0.392 e. The average Bonchev–Trinajstić information content (AvgIpc) is 2.47. The minimum atomic E-state index is -0.334. The van der Waals surface area contributed by atoms with Gasteiger partial charge in [0.15, 0.2) is 5.96 Å². The number of rotatable bonds is 4. The third kappa shape index (κ3) is 5.70. The summed E-state index contributed by atoms with van der Waals surface area (Å²) in [6, 6.07) is 1.03. The van der Waals surface area contributed by atoms with Crippen LogP contribution in [0, 0.1) is 0 Å². The van der Waals surface area contributed by atoms with Gasteiger partial charge in [-0.1, -0.05) is 38.5 Å². The van der Waals surface area contributed by atoms with Crippen LogP contribution in [0.4, 0.5) is 0 Å². The summed E-state index contributed by atoms with van der Waals surface area (Å²) in [4.78, 5) is 4.88. The van der Waals surface area contributed by atoms with Crippen molar-refractivity contribution in [1.82, 2.24) is 10.6 Å². The van der Waals surface area contributed by atoms with Crippen LogP contribution < -0.4 is 10.6 Å². The summed E-state index contributed by atoms with van der Waals surface area (Å²) in [5.74, 6) is 0.921. The highest BCUT2D eigenvalue weighted by Crippen LogP contribution is 2.21. The van der Waals surface area contributed by atoms with Crippen LogP contribution in [0.3, 0.4) is 0 Å². The Morgan fingerprint density at radius 3 is 2.25 bits per heavy atom. The summed E-state index contributed by atoms with van der Waals surface area (Å²) in [6.45, 7) is 2.39. The molecule has 3 N–H and O–H groups in total. The monoisotopic (exact) mass is 281 g/mol. The zero-order valence-corrected chi connectivity index (χ0v) is 12.9. The molecule has 116 valence electrons. The van der Waals surface area contributed by atoms with Crippen molar-refractivity contribution in [2.24, 2.45) is 4.99 Å². The predicted molar refractivity (Wildman–Crippen MR) is 84.0 cm³/mol. The summed E-state index contributed by atoms with van der Waals surface area (Å²) in [6.07, 6.45) is 12.6. The number of nitrogens with one attached hydrogen (secondary N) is 2. The molecule has 1 atom stereocenters. The highest BCUT2D eigenvalue weighted by atomic mass is 16.3. The molecule has 2 saturated carbocycles. The first-order valence-electron chi connectivity index (χ1n) is 8.50. The van der Waals surface area contributed by atoms with Crippen molar-refractivity contribution in [3.63, 3.8) is 0 Å². The molecule has 0 heterocycles. The largest absolute Gasteiger partial charge is 0.392 e. The van der Waals surface area contributed by atoms with E-state index in [0.29, 0.717) is 18.6 Å². The van der Waals surface area contributed by atoms with E-state index in [0.717, 1.165) is 5.96 Å². The van der Waals surface area contributed by atoms with E-state index in [1.54, 1.807) is 0 Å². The first-order valence-corrected chi connectivity index (χ1v) is 8.50. The van der Waals surface area contributed by atoms with Crippen LogP contribution in [0.1, 0.15) is 71.1 Å². The fourth-order valence-electron chi connectivity index (χ4n) is 3.21. The van der Waals surface area contributed by atoms with E-state index < -0.39 is 0 Å². The van der Waals surface area contributed by atoms with Gasteiger partial charge >= 0.3 is 0 Å². The molecule has 2 aliphatic rings. The molecule has 0 radical (unpaired) electrons. The minimum absolute atomic E-state index is 0.334. The number of aliphatic imine (C=N–C) groups is 1. The van der Waals surface area contributed by atoms with Crippen LogP contribution in [0.15, 0.2) is 4.99 Å². The van der Waals surface area contributed by atoms with E-state index >= 15 is 0 Å². The van der Waals surface area contributed by atoms with Gasteiger partial charge in [-0.3, -0.25) is 0 Å². The van der Waals surface area contributed by atoms with Gasteiger partial charge in [-0.05, 0) is 32.6 Å². The lowest BCUT2D eigenvalue weighted by Crippen LogP contribution is -2.46. The van der Waals surface area contributed by atoms with Crippen LogP contribution in [0.5, 0.6) is 0 Å². The molecule has 0 amide bonds. The van der Waals surface area contributed by atoms with Crippen LogP contribution in [-0.4, -0.2) is 35.8 Å². The number of aliphatic hydroxyl groups excluding tert-OH is 1. The maximum Gasteiger partial charge on any atom is 0.191 e. The molecule has 0 aliphatic heterocycles. The first-order chi connectivity index (χ1) is 9.74.